The third-order valence-corrected chi connectivity index (χ3v) is 4.82. The van der Waals surface area contributed by atoms with Crippen molar-refractivity contribution < 1.29 is 9.31 Å². The highest BCUT2D eigenvalue weighted by Gasteiger charge is 2.35. The van der Waals surface area contributed by atoms with Gasteiger partial charge in [-0.2, -0.15) is 9.78 Å². The molecular weight excluding hydrogens is 395 g/mol. The number of halogens is 1. The first kappa shape index (κ1) is 17.6. The lowest BCUT2D eigenvalue weighted by Gasteiger charge is -2.28. The number of aromatic amines is 1. The van der Waals surface area contributed by atoms with Gasteiger partial charge in [-0.15, -0.1) is 0 Å². The number of anilines is 2. The largest absolute Gasteiger partial charge is 0.318 e. The number of non-ortho nitro benzene ring substituents is 1. The number of hydrogen-bond acceptors (Lipinski definition) is 8. The topological polar surface area (TPSA) is 145 Å². The number of nitrogens with one attached hydrogen (secondary N) is 2. The van der Waals surface area contributed by atoms with Gasteiger partial charge in [0.1, 0.15) is 17.5 Å². The Labute approximate surface area is 166 Å². The number of nitro groups is 1. The van der Waals surface area contributed by atoms with Gasteiger partial charge < -0.3 is 5.32 Å². The number of nitro benzene ring substituents is 1. The van der Waals surface area contributed by atoms with E-state index in [9.17, 15) is 19.3 Å². The standard InChI is InChI=1S/C18H11FN8O3/c19-12-4-2-1-3-11(12)16-13-14(9-5-7-10(8-6-9)27(29)30)21-22-17(28)15(13)20-18-23-24-25-26(16)18/h1-8,16H,(H,22,28)(H,20,23,25)/t16-/m0/s1. The van der Waals surface area contributed by atoms with E-state index in [0.717, 1.165) is 0 Å². The van der Waals surface area contributed by atoms with Crippen molar-refractivity contribution >= 4 is 17.3 Å². The molecule has 0 radical (unpaired) electrons. The van der Waals surface area contributed by atoms with Crippen LogP contribution < -0.4 is 10.9 Å². The Morgan fingerprint density at radius 2 is 1.90 bits per heavy atom. The summed E-state index contributed by atoms with van der Waals surface area (Å²) < 4.78 is 16.1. The maximum absolute atomic E-state index is 14.8. The molecule has 0 spiro atoms. The zero-order chi connectivity index (χ0) is 20.8. The summed E-state index contributed by atoms with van der Waals surface area (Å²) in [4.78, 5) is 23.0. The van der Waals surface area contributed by atoms with E-state index in [1.807, 2.05) is 0 Å². The SMILES string of the molecule is O=c1[nH]nc(-c2ccc([N+](=O)[O-])cc2)c2c1Nc1nnnn1[C@H]2c1ccccc1F. The first-order valence-electron chi connectivity index (χ1n) is 8.71. The van der Waals surface area contributed by atoms with Crippen LogP contribution in [-0.2, 0) is 0 Å². The second kappa shape index (κ2) is 6.55. The molecule has 0 fully saturated rings. The van der Waals surface area contributed by atoms with Crippen LogP contribution in [0.2, 0.25) is 0 Å². The zero-order valence-electron chi connectivity index (χ0n) is 15.0. The van der Waals surface area contributed by atoms with Gasteiger partial charge in [-0.1, -0.05) is 23.3 Å². The normalized spacial score (nSPS) is 14.5. The first-order chi connectivity index (χ1) is 14.5. The molecule has 148 valence electrons. The first-order valence-corrected chi connectivity index (χ1v) is 8.71. The fourth-order valence-corrected chi connectivity index (χ4v) is 3.48. The van der Waals surface area contributed by atoms with E-state index in [4.69, 9.17) is 0 Å². The molecule has 0 bridgehead atoms. The number of H-pyrrole nitrogens is 1. The van der Waals surface area contributed by atoms with Gasteiger partial charge in [0, 0.05) is 28.8 Å². The van der Waals surface area contributed by atoms with Gasteiger partial charge in [-0.05, 0) is 28.6 Å². The van der Waals surface area contributed by atoms with E-state index in [1.165, 1.54) is 35.0 Å². The molecule has 11 nitrogen and oxygen atoms in total. The van der Waals surface area contributed by atoms with E-state index in [0.29, 0.717) is 16.8 Å². The minimum Gasteiger partial charge on any atom is -0.318 e. The van der Waals surface area contributed by atoms with E-state index >= 15 is 0 Å². The molecule has 3 heterocycles. The molecule has 0 saturated heterocycles. The Balaban J connectivity index is 1.79. The molecule has 0 amide bonds. The van der Waals surface area contributed by atoms with Crippen molar-refractivity contribution in [3.8, 4) is 11.3 Å². The van der Waals surface area contributed by atoms with E-state index in [1.54, 1.807) is 18.2 Å². The quantitative estimate of drug-likeness (QED) is 0.343. The van der Waals surface area contributed by atoms with Crippen LogP contribution in [0.3, 0.4) is 0 Å². The molecule has 30 heavy (non-hydrogen) atoms. The fraction of sp³-hybridized carbons (Fsp3) is 0.0556. The highest BCUT2D eigenvalue weighted by Crippen LogP contribution is 2.41. The van der Waals surface area contributed by atoms with E-state index in [-0.39, 0.29) is 22.9 Å². The van der Waals surface area contributed by atoms with Crippen molar-refractivity contribution in [3.05, 3.63) is 85.9 Å². The molecular formula is C18H11FN8O3. The molecule has 4 aromatic rings. The summed E-state index contributed by atoms with van der Waals surface area (Å²) in [6.45, 7) is 0. The van der Waals surface area contributed by atoms with Crippen LogP contribution in [0.4, 0.5) is 21.7 Å². The number of tetrazole rings is 1. The third-order valence-electron chi connectivity index (χ3n) is 4.82. The second-order valence-corrected chi connectivity index (χ2v) is 6.49. The molecule has 2 aromatic carbocycles. The number of rotatable bonds is 3. The lowest BCUT2D eigenvalue weighted by molar-refractivity contribution is -0.384. The van der Waals surface area contributed by atoms with Crippen LogP contribution in [-0.4, -0.2) is 35.3 Å². The summed E-state index contributed by atoms with van der Waals surface area (Å²) in [6, 6.07) is 10.9. The van der Waals surface area contributed by atoms with Gasteiger partial charge in [0.2, 0.25) is 5.95 Å². The minimum absolute atomic E-state index is 0.0939. The monoisotopic (exact) mass is 406 g/mol. The second-order valence-electron chi connectivity index (χ2n) is 6.49. The summed E-state index contributed by atoms with van der Waals surface area (Å²) in [5, 5.41) is 31.8. The highest BCUT2D eigenvalue weighted by molar-refractivity contribution is 5.75. The van der Waals surface area contributed by atoms with Gasteiger partial charge in [0.15, 0.2) is 0 Å². The molecule has 1 aliphatic rings. The Hall–Kier alpha value is -4.48. The van der Waals surface area contributed by atoms with Gasteiger partial charge in [-0.25, -0.2) is 9.49 Å². The van der Waals surface area contributed by atoms with Crippen LogP contribution in [0.5, 0.6) is 0 Å². The van der Waals surface area contributed by atoms with Crippen LogP contribution in [0.15, 0.2) is 53.3 Å². The van der Waals surface area contributed by atoms with Crippen molar-refractivity contribution in [3.63, 3.8) is 0 Å². The minimum atomic E-state index is -0.882. The molecule has 1 aliphatic heterocycles. The van der Waals surface area contributed by atoms with Crippen molar-refractivity contribution in [2.24, 2.45) is 0 Å². The van der Waals surface area contributed by atoms with Crippen molar-refractivity contribution in [1.29, 1.82) is 0 Å². The van der Waals surface area contributed by atoms with Crippen LogP contribution in [0.25, 0.3) is 11.3 Å². The van der Waals surface area contributed by atoms with Gasteiger partial charge in [0.05, 0.1) is 10.6 Å². The molecule has 0 unspecified atom stereocenters. The van der Waals surface area contributed by atoms with Crippen molar-refractivity contribution in [2.75, 3.05) is 5.32 Å². The Kier molecular flexibility index (Phi) is 3.84. The fourth-order valence-electron chi connectivity index (χ4n) is 3.48. The molecule has 12 heteroatoms. The number of aromatic nitrogens is 6. The molecule has 0 saturated carbocycles. The molecule has 2 aromatic heterocycles. The van der Waals surface area contributed by atoms with Crippen molar-refractivity contribution in [1.82, 2.24) is 30.4 Å². The maximum atomic E-state index is 14.8. The summed E-state index contributed by atoms with van der Waals surface area (Å²) in [6.07, 6.45) is 0. The van der Waals surface area contributed by atoms with Crippen LogP contribution >= 0.6 is 0 Å². The number of fused-ring (bicyclic) bond motifs is 2. The van der Waals surface area contributed by atoms with Gasteiger partial charge >= 0.3 is 0 Å². The molecule has 0 aliphatic carbocycles. The zero-order valence-corrected chi connectivity index (χ0v) is 15.0. The van der Waals surface area contributed by atoms with Crippen LogP contribution in [0, 0.1) is 15.9 Å². The third kappa shape index (κ3) is 2.62. The molecule has 2 N–H and O–H groups in total. The van der Waals surface area contributed by atoms with E-state index < -0.39 is 22.3 Å². The summed E-state index contributed by atoms with van der Waals surface area (Å²) in [7, 11) is 0. The Bertz CT molecular complexity index is 1350. The van der Waals surface area contributed by atoms with Gasteiger partial charge in [-0.3, -0.25) is 14.9 Å². The summed E-state index contributed by atoms with van der Waals surface area (Å²) >= 11 is 0. The average Bonchev–Trinajstić information content (AvgIpc) is 3.22. The van der Waals surface area contributed by atoms with E-state index in [2.05, 4.69) is 31.0 Å². The number of hydrogen-bond donors (Lipinski definition) is 2. The summed E-state index contributed by atoms with van der Waals surface area (Å²) in [5.41, 5.74) is 0.875. The van der Waals surface area contributed by atoms with Crippen LogP contribution in [0.1, 0.15) is 17.2 Å². The maximum Gasteiger partial charge on any atom is 0.288 e. The Morgan fingerprint density at radius 1 is 1.13 bits per heavy atom. The van der Waals surface area contributed by atoms with Gasteiger partial charge in [0.25, 0.3) is 11.2 Å². The average molecular weight is 406 g/mol. The predicted molar refractivity (Wildman–Crippen MR) is 102 cm³/mol. The lowest BCUT2D eigenvalue weighted by Crippen LogP contribution is -2.29. The smallest absolute Gasteiger partial charge is 0.288 e. The number of nitrogens with zero attached hydrogens (tertiary/aromatic N) is 6. The van der Waals surface area contributed by atoms with Crippen molar-refractivity contribution in [2.45, 2.75) is 6.04 Å². The molecule has 5 rings (SSSR count). The predicted octanol–water partition coefficient (Wildman–Crippen LogP) is 2.17. The summed E-state index contributed by atoms with van der Waals surface area (Å²) in [5.74, 6) is -0.339. The number of benzene rings is 2. The highest BCUT2D eigenvalue weighted by atomic mass is 19.1. The molecule has 1 atom stereocenters. The Morgan fingerprint density at radius 3 is 2.63 bits per heavy atom. The lowest BCUT2D eigenvalue weighted by atomic mass is 9.92.